The standard InChI is InChI=1S/C78H152O17P2/c1-5-9-13-17-21-25-28-31-34-36-39-41-44-47-51-55-59-63-76(81)89-69-74(95-78(83)65-61-57-53-49-46-43-40-37-35-32-29-26-22-18-14-10-6-2)71-93-97(86,87)91-67-72(79)66-90-96(84,85)92-70-73(68-88-75(80)62-58-54-50-24-20-16-12-8-4)94-77(82)64-60-56-52-48-45-42-38-33-30-27-23-19-15-11-7-3/h72-74,79H,5-71H2,1-4H3,(H,84,85)(H,86,87)/t72-,73+,74+/m0/s1. The van der Waals surface area contributed by atoms with Crippen LogP contribution < -0.4 is 0 Å². The predicted molar refractivity (Wildman–Crippen MR) is 395 cm³/mol. The van der Waals surface area contributed by atoms with Crippen LogP contribution in [0.1, 0.15) is 419 Å². The van der Waals surface area contributed by atoms with E-state index in [4.69, 9.17) is 37.0 Å². The van der Waals surface area contributed by atoms with E-state index >= 15 is 0 Å². The highest BCUT2D eigenvalue weighted by atomic mass is 31.2. The fourth-order valence-corrected chi connectivity index (χ4v) is 13.7. The normalized spacial score (nSPS) is 13.8. The molecule has 0 heterocycles. The van der Waals surface area contributed by atoms with Crippen molar-refractivity contribution in [2.75, 3.05) is 39.6 Å². The molecule has 0 fully saturated rings. The fraction of sp³-hybridized carbons (Fsp3) is 0.949. The number of carbonyl (C=O) groups excluding carboxylic acids is 4. The summed E-state index contributed by atoms with van der Waals surface area (Å²) in [6, 6.07) is 0. The second-order valence-electron chi connectivity index (χ2n) is 28.1. The van der Waals surface area contributed by atoms with Gasteiger partial charge in [-0.05, 0) is 25.7 Å². The monoisotopic (exact) mass is 1420 g/mol. The lowest BCUT2D eigenvalue weighted by Gasteiger charge is -2.21. The molecule has 0 aliphatic carbocycles. The van der Waals surface area contributed by atoms with Crippen LogP contribution in [0.2, 0.25) is 0 Å². The first-order valence-corrected chi connectivity index (χ1v) is 43.8. The minimum absolute atomic E-state index is 0.109. The zero-order chi connectivity index (χ0) is 71.1. The van der Waals surface area contributed by atoms with E-state index in [1.807, 2.05) is 0 Å². The van der Waals surface area contributed by atoms with E-state index in [9.17, 15) is 43.2 Å². The zero-order valence-electron chi connectivity index (χ0n) is 63.1. The molecule has 3 N–H and O–H groups in total. The van der Waals surface area contributed by atoms with Gasteiger partial charge in [0.25, 0.3) is 0 Å². The highest BCUT2D eigenvalue weighted by molar-refractivity contribution is 7.47. The van der Waals surface area contributed by atoms with Crippen molar-refractivity contribution in [3.63, 3.8) is 0 Å². The smallest absolute Gasteiger partial charge is 0.462 e. The van der Waals surface area contributed by atoms with Crippen molar-refractivity contribution in [2.45, 2.75) is 438 Å². The topological polar surface area (TPSA) is 237 Å². The van der Waals surface area contributed by atoms with Crippen molar-refractivity contribution in [3.8, 4) is 0 Å². The van der Waals surface area contributed by atoms with Crippen LogP contribution in [0.15, 0.2) is 0 Å². The molecule has 0 aromatic heterocycles. The lowest BCUT2D eigenvalue weighted by molar-refractivity contribution is -0.161. The molecule has 0 aliphatic heterocycles. The Morgan fingerprint density at radius 3 is 0.608 bits per heavy atom. The van der Waals surface area contributed by atoms with Crippen LogP contribution in [0, 0.1) is 0 Å². The number of phosphoric acid groups is 2. The Bertz CT molecular complexity index is 1840. The minimum atomic E-state index is -4.96. The molecule has 0 aliphatic rings. The summed E-state index contributed by atoms with van der Waals surface area (Å²) in [4.78, 5) is 72.8. The molecule has 0 amide bonds. The molecule has 0 spiro atoms. The van der Waals surface area contributed by atoms with Gasteiger partial charge in [0.2, 0.25) is 0 Å². The largest absolute Gasteiger partial charge is 0.472 e. The minimum Gasteiger partial charge on any atom is -0.462 e. The van der Waals surface area contributed by atoms with E-state index in [-0.39, 0.29) is 25.7 Å². The lowest BCUT2D eigenvalue weighted by atomic mass is 10.0. The third-order valence-corrected chi connectivity index (χ3v) is 20.3. The SMILES string of the molecule is CCCCCCCCCCCCCCCCCCCC(=O)OC[C@H](COP(=O)(O)OC[C@@H](O)COP(=O)(O)OC[C@@H](COC(=O)CCCCCCCCCC)OC(=O)CCCCCCCCCCCCCCCCC)OC(=O)CCCCCCCCCCCCCCCCCCC. The van der Waals surface area contributed by atoms with Crippen molar-refractivity contribution in [1.29, 1.82) is 0 Å². The molecule has 17 nitrogen and oxygen atoms in total. The number of unbranched alkanes of at least 4 members (excludes halogenated alkanes) is 53. The van der Waals surface area contributed by atoms with Gasteiger partial charge in [-0.1, -0.05) is 368 Å². The summed E-state index contributed by atoms with van der Waals surface area (Å²) in [5.41, 5.74) is 0. The number of ether oxygens (including phenoxy) is 4. The van der Waals surface area contributed by atoms with E-state index in [0.29, 0.717) is 25.7 Å². The fourth-order valence-electron chi connectivity index (χ4n) is 12.1. The van der Waals surface area contributed by atoms with Crippen molar-refractivity contribution < 1.29 is 80.2 Å². The van der Waals surface area contributed by atoms with E-state index in [1.165, 1.54) is 250 Å². The van der Waals surface area contributed by atoms with Crippen molar-refractivity contribution in [1.82, 2.24) is 0 Å². The molecule has 0 aromatic carbocycles. The van der Waals surface area contributed by atoms with Gasteiger partial charge in [-0.15, -0.1) is 0 Å². The molecule has 0 bridgehead atoms. The summed E-state index contributed by atoms with van der Waals surface area (Å²) < 4.78 is 68.6. The molecule has 97 heavy (non-hydrogen) atoms. The molecule has 0 saturated carbocycles. The Balaban J connectivity index is 5.20. The van der Waals surface area contributed by atoms with Gasteiger partial charge >= 0.3 is 39.5 Å². The highest BCUT2D eigenvalue weighted by Gasteiger charge is 2.30. The number of carbonyl (C=O) groups is 4. The molecule has 0 radical (unpaired) electrons. The maximum Gasteiger partial charge on any atom is 0.472 e. The van der Waals surface area contributed by atoms with Crippen molar-refractivity contribution in [2.24, 2.45) is 0 Å². The van der Waals surface area contributed by atoms with Crippen LogP contribution in [-0.2, 0) is 65.4 Å². The first-order valence-electron chi connectivity index (χ1n) is 40.8. The van der Waals surface area contributed by atoms with Gasteiger partial charge in [-0.25, -0.2) is 9.13 Å². The second-order valence-corrected chi connectivity index (χ2v) is 31.0. The van der Waals surface area contributed by atoms with Crippen LogP contribution in [0.5, 0.6) is 0 Å². The third kappa shape index (κ3) is 72.2. The van der Waals surface area contributed by atoms with Gasteiger partial charge in [0.15, 0.2) is 12.2 Å². The summed E-state index contributed by atoms with van der Waals surface area (Å²) in [6.45, 7) is 4.99. The Morgan fingerprint density at radius 1 is 0.247 bits per heavy atom. The summed E-state index contributed by atoms with van der Waals surface area (Å²) in [6.07, 6.45) is 63.8. The van der Waals surface area contributed by atoms with E-state index < -0.39 is 97.5 Å². The van der Waals surface area contributed by atoms with Gasteiger partial charge in [0.1, 0.15) is 19.3 Å². The molecular weight excluding hydrogens is 1270 g/mol. The van der Waals surface area contributed by atoms with Crippen LogP contribution in [-0.4, -0.2) is 96.7 Å². The van der Waals surface area contributed by atoms with Crippen LogP contribution in [0.4, 0.5) is 0 Å². The van der Waals surface area contributed by atoms with Crippen LogP contribution in [0.25, 0.3) is 0 Å². The second kappa shape index (κ2) is 72.4. The maximum absolute atomic E-state index is 13.1. The number of aliphatic hydroxyl groups is 1. The Hall–Kier alpha value is -1.94. The highest BCUT2D eigenvalue weighted by Crippen LogP contribution is 2.45. The predicted octanol–water partition coefficient (Wildman–Crippen LogP) is 23.4. The van der Waals surface area contributed by atoms with Crippen molar-refractivity contribution in [3.05, 3.63) is 0 Å². The number of aliphatic hydroxyl groups excluding tert-OH is 1. The van der Waals surface area contributed by atoms with Gasteiger partial charge in [-0.3, -0.25) is 37.3 Å². The number of rotatable bonds is 79. The molecule has 0 rings (SSSR count). The van der Waals surface area contributed by atoms with Gasteiger partial charge in [0.05, 0.1) is 26.4 Å². The summed E-state index contributed by atoms with van der Waals surface area (Å²) in [5, 5.41) is 10.6. The van der Waals surface area contributed by atoms with E-state index in [1.54, 1.807) is 0 Å². The first-order chi connectivity index (χ1) is 47.2. The van der Waals surface area contributed by atoms with Gasteiger partial charge in [0, 0.05) is 25.7 Å². The van der Waals surface area contributed by atoms with Crippen LogP contribution in [0.3, 0.4) is 0 Å². The quantitative estimate of drug-likeness (QED) is 0.0222. The summed E-state index contributed by atoms with van der Waals surface area (Å²) in [7, 11) is -9.91. The van der Waals surface area contributed by atoms with E-state index in [0.717, 1.165) is 89.9 Å². The molecule has 0 saturated heterocycles. The molecule has 2 unspecified atom stereocenters. The van der Waals surface area contributed by atoms with Crippen molar-refractivity contribution >= 4 is 39.5 Å². The van der Waals surface area contributed by atoms with E-state index in [2.05, 4.69) is 27.7 Å². The Kier molecular flexibility index (Phi) is 71.0. The number of hydrogen-bond donors (Lipinski definition) is 3. The summed E-state index contributed by atoms with van der Waals surface area (Å²) >= 11 is 0. The molecular formula is C78H152O17P2. The Morgan fingerprint density at radius 2 is 0.412 bits per heavy atom. The average molecular weight is 1420 g/mol. The molecule has 5 atom stereocenters. The lowest BCUT2D eigenvalue weighted by Crippen LogP contribution is -2.30. The average Bonchev–Trinajstić information content (AvgIpc) is 0.985. The molecule has 576 valence electrons. The number of phosphoric ester groups is 2. The molecule has 19 heteroatoms. The van der Waals surface area contributed by atoms with Crippen LogP contribution >= 0.6 is 15.6 Å². The number of hydrogen-bond acceptors (Lipinski definition) is 15. The summed E-state index contributed by atoms with van der Waals surface area (Å²) in [5.74, 6) is -2.11. The zero-order valence-corrected chi connectivity index (χ0v) is 64.8. The third-order valence-electron chi connectivity index (χ3n) is 18.4. The van der Waals surface area contributed by atoms with Gasteiger partial charge in [-0.2, -0.15) is 0 Å². The number of esters is 4. The van der Waals surface area contributed by atoms with Gasteiger partial charge < -0.3 is 33.8 Å². The maximum atomic E-state index is 13.1. The molecule has 0 aromatic rings. The first kappa shape index (κ1) is 95.1. The Labute approximate surface area is 594 Å².